The predicted molar refractivity (Wildman–Crippen MR) is 78.4 cm³/mol. The molecule has 1 aliphatic rings. The van der Waals surface area contributed by atoms with Crippen LogP contribution in [0.1, 0.15) is 33.5 Å². The maximum Gasteiger partial charge on any atom is 0.196 e. The lowest BCUT2D eigenvalue weighted by atomic mass is 9.99. The standard InChI is InChI=1S/C16H12Cl2O/c17-13-5-2-6-14(18)15(13)16(19)12-8-7-10-3-1-4-11(10)9-12/h2,5-9H,1,3-4H2. The molecule has 0 amide bonds. The number of fused-ring (bicyclic) bond motifs is 1. The van der Waals surface area contributed by atoms with E-state index in [9.17, 15) is 4.79 Å². The van der Waals surface area contributed by atoms with Crippen molar-refractivity contribution in [1.82, 2.24) is 0 Å². The van der Waals surface area contributed by atoms with Crippen molar-refractivity contribution in [2.45, 2.75) is 19.3 Å². The lowest BCUT2D eigenvalue weighted by molar-refractivity contribution is 0.103. The second-order valence-electron chi connectivity index (χ2n) is 4.76. The molecule has 0 saturated carbocycles. The highest BCUT2D eigenvalue weighted by Gasteiger charge is 2.19. The van der Waals surface area contributed by atoms with Crippen LogP contribution in [-0.4, -0.2) is 5.78 Å². The highest BCUT2D eigenvalue weighted by atomic mass is 35.5. The number of carbonyl (C=O) groups is 1. The van der Waals surface area contributed by atoms with Gasteiger partial charge in [-0.1, -0.05) is 41.4 Å². The summed E-state index contributed by atoms with van der Waals surface area (Å²) >= 11 is 12.2. The van der Waals surface area contributed by atoms with Gasteiger partial charge in [0.25, 0.3) is 0 Å². The maximum absolute atomic E-state index is 12.5. The first kappa shape index (κ1) is 12.7. The van der Waals surface area contributed by atoms with Gasteiger partial charge in [-0.3, -0.25) is 4.79 Å². The van der Waals surface area contributed by atoms with Crippen molar-refractivity contribution < 1.29 is 4.79 Å². The minimum atomic E-state index is -0.106. The molecule has 1 nitrogen and oxygen atoms in total. The third kappa shape index (κ3) is 2.29. The van der Waals surface area contributed by atoms with Gasteiger partial charge in [-0.2, -0.15) is 0 Å². The minimum Gasteiger partial charge on any atom is -0.288 e. The van der Waals surface area contributed by atoms with Crippen LogP contribution >= 0.6 is 23.2 Å². The Bertz CT molecular complexity index is 642. The van der Waals surface area contributed by atoms with E-state index in [-0.39, 0.29) is 5.78 Å². The van der Waals surface area contributed by atoms with E-state index < -0.39 is 0 Å². The summed E-state index contributed by atoms with van der Waals surface area (Å²) in [6, 6.07) is 11.0. The van der Waals surface area contributed by atoms with E-state index in [4.69, 9.17) is 23.2 Å². The Balaban J connectivity index is 2.05. The zero-order chi connectivity index (χ0) is 13.4. The maximum atomic E-state index is 12.5. The molecule has 19 heavy (non-hydrogen) atoms. The first-order valence-electron chi connectivity index (χ1n) is 6.27. The average Bonchev–Trinajstić information content (AvgIpc) is 2.85. The first-order chi connectivity index (χ1) is 9.16. The molecule has 0 N–H and O–H groups in total. The van der Waals surface area contributed by atoms with Crippen molar-refractivity contribution in [2.24, 2.45) is 0 Å². The monoisotopic (exact) mass is 290 g/mol. The van der Waals surface area contributed by atoms with E-state index in [1.165, 1.54) is 17.5 Å². The fourth-order valence-corrected chi connectivity index (χ4v) is 3.14. The molecule has 96 valence electrons. The van der Waals surface area contributed by atoms with E-state index in [0.717, 1.165) is 12.8 Å². The molecule has 3 heteroatoms. The molecule has 2 aromatic rings. The zero-order valence-electron chi connectivity index (χ0n) is 10.2. The van der Waals surface area contributed by atoms with Crippen LogP contribution in [0.15, 0.2) is 36.4 Å². The molecule has 0 radical (unpaired) electrons. The number of rotatable bonds is 2. The van der Waals surface area contributed by atoms with Gasteiger partial charge < -0.3 is 0 Å². The smallest absolute Gasteiger partial charge is 0.196 e. The first-order valence-corrected chi connectivity index (χ1v) is 7.03. The normalized spacial score (nSPS) is 13.4. The predicted octanol–water partition coefficient (Wildman–Crippen LogP) is 4.71. The van der Waals surface area contributed by atoms with E-state index >= 15 is 0 Å². The Morgan fingerprint density at radius 3 is 2.37 bits per heavy atom. The second-order valence-corrected chi connectivity index (χ2v) is 5.58. The van der Waals surface area contributed by atoms with Crippen LogP contribution in [0, 0.1) is 0 Å². The van der Waals surface area contributed by atoms with Crippen LogP contribution in [-0.2, 0) is 12.8 Å². The SMILES string of the molecule is O=C(c1ccc2c(c1)CCC2)c1c(Cl)cccc1Cl. The summed E-state index contributed by atoms with van der Waals surface area (Å²) in [6.07, 6.45) is 3.32. The summed E-state index contributed by atoms with van der Waals surface area (Å²) in [4.78, 5) is 12.5. The largest absolute Gasteiger partial charge is 0.288 e. The highest BCUT2D eigenvalue weighted by molar-refractivity contribution is 6.41. The molecule has 0 saturated heterocycles. The van der Waals surface area contributed by atoms with E-state index in [1.54, 1.807) is 18.2 Å². The van der Waals surface area contributed by atoms with Gasteiger partial charge in [0.05, 0.1) is 15.6 Å². The van der Waals surface area contributed by atoms with E-state index in [1.807, 2.05) is 18.2 Å². The van der Waals surface area contributed by atoms with E-state index in [0.29, 0.717) is 21.2 Å². The zero-order valence-corrected chi connectivity index (χ0v) is 11.8. The number of carbonyl (C=O) groups excluding carboxylic acids is 1. The fraction of sp³-hybridized carbons (Fsp3) is 0.188. The van der Waals surface area contributed by atoms with Crippen LogP contribution in [0.25, 0.3) is 0 Å². The van der Waals surface area contributed by atoms with Crippen molar-refractivity contribution in [2.75, 3.05) is 0 Å². The van der Waals surface area contributed by atoms with Crippen molar-refractivity contribution in [3.63, 3.8) is 0 Å². The molecule has 0 aliphatic heterocycles. The summed E-state index contributed by atoms with van der Waals surface area (Å²) in [5.74, 6) is -0.106. The Morgan fingerprint density at radius 1 is 0.947 bits per heavy atom. The number of hydrogen-bond donors (Lipinski definition) is 0. The molecule has 0 atom stereocenters. The van der Waals surface area contributed by atoms with Gasteiger partial charge in [0, 0.05) is 5.56 Å². The molecule has 0 unspecified atom stereocenters. The molecule has 0 bridgehead atoms. The van der Waals surface area contributed by atoms with Gasteiger partial charge in [-0.05, 0) is 48.6 Å². The summed E-state index contributed by atoms with van der Waals surface area (Å²) in [5.41, 5.74) is 3.68. The summed E-state index contributed by atoms with van der Waals surface area (Å²) < 4.78 is 0. The van der Waals surface area contributed by atoms with Crippen LogP contribution in [0.5, 0.6) is 0 Å². The Kier molecular flexibility index (Phi) is 3.34. The molecular formula is C16H12Cl2O. The van der Waals surface area contributed by atoms with Gasteiger partial charge in [0.2, 0.25) is 0 Å². The lowest BCUT2D eigenvalue weighted by Crippen LogP contribution is -2.04. The van der Waals surface area contributed by atoms with Crippen LogP contribution in [0.3, 0.4) is 0 Å². The molecule has 0 spiro atoms. The number of benzene rings is 2. The fourth-order valence-electron chi connectivity index (χ4n) is 2.57. The molecule has 0 aromatic heterocycles. The Morgan fingerprint density at radius 2 is 1.63 bits per heavy atom. The number of halogens is 2. The van der Waals surface area contributed by atoms with Gasteiger partial charge in [0.1, 0.15) is 0 Å². The Labute approximate surface area is 122 Å². The average molecular weight is 291 g/mol. The summed E-state index contributed by atoms with van der Waals surface area (Å²) in [7, 11) is 0. The van der Waals surface area contributed by atoms with Crippen LogP contribution < -0.4 is 0 Å². The van der Waals surface area contributed by atoms with Gasteiger partial charge in [-0.25, -0.2) is 0 Å². The van der Waals surface area contributed by atoms with E-state index in [2.05, 4.69) is 0 Å². The number of hydrogen-bond acceptors (Lipinski definition) is 1. The minimum absolute atomic E-state index is 0.106. The van der Waals surface area contributed by atoms with Gasteiger partial charge in [0.15, 0.2) is 5.78 Å². The second kappa shape index (κ2) is 4.99. The summed E-state index contributed by atoms with van der Waals surface area (Å²) in [5, 5.41) is 0.802. The molecule has 1 aliphatic carbocycles. The van der Waals surface area contributed by atoms with Crippen LogP contribution in [0.4, 0.5) is 0 Å². The number of ketones is 1. The van der Waals surface area contributed by atoms with Gasteiger partial charge in [-0.15, -0.1) is 0 Å². The van der Waals surface area contributed by atoms with Crippen molar-refractivity contribution in [3.05, 3.63) is 68.7 Å². The van der Waals surface area contributed by atoms with Crippen molar-refractivity contribution in [3.8, 4) is 0 Å². The number of aryl methyl sites for hydroxylation is 2. The van der Waals surface area contributed by atoms with Crippen molar-refractivity contribution >= 4 is 29.0 Å². The lowest BCUT2D eigenvalue weighted by Gasteiger charge is -2.07. The molecule has 3 rings (SSSR count). The van der Waals surface area contributed by atoms with Crippen molar-refractivity contribution in [1.29, 1.82) is 0 Å². The quantitative estimate of drug-likeness (QED) is 0.732. The topological polar surface area (TPSA) is 17.1 Å². The molecule has 0 fully saturated rings. The third-order valence-corrected chi connectivity index (χ3v) is 4.18. The van der Waals surface area contributed by atoms with Crippen LogP contribution in [0.2, 0.25) is 10.0 Å². The molecular weight excluding hydrogens is 279 g/mol. The van der Waals surface area contributed by atoms with Gasteiger partial charge >= 0.3 is 0 Å². The highest BCUT2D eigenvalue weighted by Crippen LogP contribution is 2.29. The third-order valence-electron chi connectivity index (χ3n) is 3.55. The molecule has 2 aromatic carbocycles. The summed E-state index contributed by atoms with van der Waals surface area (Å²) in [6.45, 7) is 0. The Hall–Kier alpha value is -1.31. The molecule has 0 heterocycles.